The van der Waals surface area contributed by atoms with Gasteiger partial charge in [-0.15, -0.1) is 0 Å². The average molecular weight is 221 g/mol. The van der Waals surface area contributed by atoms with E-state index < -0.39 is 0 Å². The van der Waals surface area contributed by atoms with Gasteiger partial charge in [0, 0.05) is 13.2 Å². The van der Waals surface area contributed by atoms with E-state index in [2.05, 4.69) is 50.4 Å². The quantitative estimate of drug-likeness (QED) is 0.797. The SMILES string of the molecule is CNCC(OCC(C)C)c1ccccc1C. The van der Waals surface area contributed by atoms with Gasteiger partial charge in [0.1, 0.15) is 0 Å². The van der Waals surface area contributed by atoms with Crippen molar-refractivity contribution in [1.82, 2.24) is 5.32 Å². The third kappa shape index (κ3) is 3.95. The maximum absolute atomic E-state index is 5.95. The Labute approximate surface area is 99.0 Å². The summed E-state index contributed by atoms with van der Waals surface area (Å²) < 4.78 is 5.95. The molecule has 0 aliphatic rings. The van der Waals surface area contributed by atoms with E-state index in [-0.39, 0.29) is 6.10 Å². The van der Waals surface area contributed by atoms with Gasteiger partial charge in [-0.1, -0.05) is 38.1 Å². The Bertz CT molecular complexity index is 309. The van der Waals surface area contributed by atoms with Crippen molar-refractivity contribution >= 4 is 0 Å². The lowest BCUT2D eigenvalue weighted by Crippen LogP contribution is -2.22. The Morgan fingerprint density at radius 2 is 1.94 bits per heavy atom. The monoisotopic (exact) mass is 221 g/mol. The Kier molecular flexibility index (Phi) is 5.50. The maximum atomic E-state index is 5.95. The zero-order valence-electron chi connectivity index (χ0n) is 10.8. The smallest absolute Gasteiger partial charge is 0.0951 e. The van der Waals surface area contributed by atoms with Gasteiger partial charge in [-0.2, -0.15) is 0 Å². The van der Waals surface area contributed by atoms with E-state index in [0.29, 0.717) is 5.92 Å². The first kappa shape index (κ1) is 13.2. The van der Waals surface area contributed by atoms with E-state index in [9.17, 15) is 0 Å². The molecular formula is C14H23NO. The summed E-state index contributed by atoms with van der Waals surface area (Å²) in [6, 6.07) is 8.43. The second-order valence-electron chi connectivity index (χ2n) is 4.63. The van der Waals surface area contributed by atoms with Crippen LogP contribution in [0.2, 0.25) is 0 Å². The number of nitrogens with one attached hydrogen (secondary N) is 1. The largest absolute Gasteiger partial charge is 0.372 e. The van der Waals surface area contributed by atoms with Gasteiger partial charge in [-0.05, 0) is 31.0 Å². The third-order valence-corrected chi connectivity index (χ3v) is 2.56. The molecule has 0 aliphatic carbocycles. The second-order valence-corrected chi connectivity index (χ2v) is 4.63. The van der Waals surface area contributed by atoms with Gasteiger partial charge >= 0.3 is 0 Å². The molecule has 2 nitrogen and oxygen atoms in total. The fourth-order valence-corrected chi connectivity index (χ4v) is 1.70. The van der Waals surface area contributed by atoms with Crippen LogP contribution in [0.15, 0.2) is 24.3 Å². The zero-order chi connectivity index (χ0) is 12.0. The van der Waals surface area contributed by atoms with Crippen molar-refractivity contribution in [3.63, 3.8) is 0 Å². The highest BCUT2D eigenvalue weighted by atomic mass is 16.5. The van der Waals surface area contributed by atoms with Crippen LogP contribution in [0.5, 0.6) is 0 Å². The van der Waals surface area contributed by atoms with E-state index in [1.54, 1.807) is 0 Å². The summed E-state index contributed by atoms with van der Waals surface area (Å²) in [5, 5.41) is 3.19. The van der Waals surface area contributed by atoms with Crippen molar-refractivity contribution < 1.29 is 4.74 Å². The van der Waals surface area contributed by atoms with Gasteiger partial charge in [0.25, 0.3) is 0 Å². The minimum absolute atomic E-state index is 0.161. The summed E-state index contributed by atoms with van der Waals surface area (Å²) in [7, 11) is 1.96. The minimum Gasteiger partial charge on any atom is -0.372 e. The molecule has 0 fully saturated rings. The molecular weight excluding hydrogens is 198 g/mol. The first-order valence-corrected chi connectivity index (χ1v) is 5.97. The van der Waals surface area contributed by atoms with Crippen LogP contribution in [-0.2, 0) is 4.74 Å². The average Bonchev–Trinajstić information content (AvgIpc) is 2.25. The van der Waals surface area contributed by atoms with E-state index in [0.717, 1.165) is 13.2 Å². The number of ether oxygens (including phenoxy) is 1. The molecule has 0 radical (unpaired) electrons. The van der Waals surface area contributed by atoms with Crippen molar-refractivity contribution in [3.05, 3.63) is 35.4 Å². The lowest BCUT2D eigenvalue weighted by atomic mass is 10.0. The van der Waals surface area contributed by atoms with E-state index in [4.69, 9.17) is 4.74 Å². The van der Waals surface area contributed by atoms with Crippen molar-refractivity contribution in [3.8, 4) is 0 Å². The molecule has 1 unspecified atom stereocenters. The second kappa shape index (κ2) is 6.66. The highest BCUT2D eigenvalue weighted by Crippen LogP contribution is 2.21. The molecule has 0 aliphatic heterocycles. The summed E-state index contributed by atoms with van der Waals surface area (Å²) in [5.41, 5.74) is 2.59. The van der Waals surface area contributed by atoms with E-state index >= 15 is 0 Å². The van der Waals surface area contributed by atoms with E-state index in [1.165, 1.54) is 11.1 Å². The topological polar surface area (TPSA) is 21.3 Å². The molecule has 1 aromatic rings. The molecule has 90 valence electrons. The Hall–Kier alpha value is -0.860. The van der Waals surface area contributed by atoms with Gasteiger partial charge in [0.2, 0.25) is 0 Å². The normalized spacial score (nSPS) is 13.1. The van der Waals surface area contributed by atoms with Crippen molar-refractivity contribution in [1.29, 1.82) is 0 Å². The predicted molar refractivity (Wildman–Crippen MR) is 68.6 cm³/mol. The summed E-state index contributed by atoms with van der Waals surface area (Å²) in [5.74, 6) is 0.573. The summed E-state index contributed by atoms with van der Waals surface area (Å²) in [6.07, 6.45) is 0.161. The number of aryl methyl sites for hydroxylation is 1. The highest BCUT2D eigenvalue weighted by molar-refractivity contribution is 5.28. The molecule has 0 bridgehead atoms. The number of hydrogen-bond acceptors (Lipinski definition) is 2. The van der Waals surface area contributed by atoms with Crippen LogP contribution < -0.4 is 5.32 Å². The molecule has 1 atom stereocenters. The highest BCUT2D eigenvalue weighted by Gasteiger charge is 2.13. The number of likely N-dealkylation sites (N-methyl/N-ethyl adjacent to an activating group) is 1. The van der Waals surface area contributed by atoms with Crippen molar-refractivity contribution in [2.45, 2.75) is 26.9 Å². The zero-order valence-corrected chi connectivity index (χ0v) is 10.8. The van der Waals surface area contributed by atoms with Crippen LogP contribution >= 0.6 is 0 Å². The first-order valence-electron chi connectivity index (χ1n) is 5.97. The van der Waals surface area contributed by atoms with E-state index in [1.807, 2.05) is 7.05 Å². The van der Waals surface area contributed by atoms with Gasteiger partial charge in [-0.25, -0.2) is 0 Å². The molecule has 16 heavy (non-hydrogen) atoms. The Morgan fingerprint density at radius 1 is 1.25 bits per heavy atom. The fraction of sp³-hybridized carbons (Fsp3) is 0.571. The minimum atomic E-state index is 0.161. The molecule has 2 heteroatoms. The van der Waals surface area contributed by atoms with Crippen LogP contribution in [0.25, 0.3) is 0 Å². The van der Waals surface area contributed by atoms with Crippen molar-refractivity contribution in [2.75, 3.05) is 20.2 Å². The molecule has 0 aromatic heterocycles. The van der Waals surface area contributed by atoms with Gasteiger partial charge < -0.3 is 10.1 Å². The number of rotatable bonds is 6. The van der Waals surface area contributed by atoms with Gasteiger partial charge in [0.15, 0.2) is 0 Å². The van der Waals surface area contributed by atoms with Gasteiger partial charge in [-0.3, -0.25) is 0 Å². The molecule has 0 saturated carbocycles. The van der Waals surface area contributed by atoms with Crippen LogP contribution in [0.4, 0.5) is 0 Å². The van der Waals surface area contributed by atoms with Crippen LogP contribution in [-0.4, -0.2) is 20.2 Å². The first-order chi connectivity index (χ1) is 7.65. The van der Waals surface area contributed by atoms with Crippen LogP contribution in [0.1, 0.15) is 31.1 Å². The summed E-state index contributed by atoms with van der Waals surface area (Å²) >= 11 is 0. The lowest BCUT2D eigenvalue weighted by Gasteiger charge is -2.21. The molecule has 1 aromatic carbocycles. The lowest BCUT2D eigenvalue weighted by molar-refractivity contribution is 0.0359. The fourth-order valence-electron chi connectivity index (χ4n) is 1.70. The molecule has 1 rings (SSSR count). The summed E-state index contributed by atoms with van der Waals surface area (Å²) in [4.78, 5) is 0. The number of hydrogen-bond donors (Lipinski definition) is 1. The van der Waals surface area contributed by atoms with Crippen LogP contribution in [0, 0.1) is 12.8 Å². The molecule has 0 heterocycles. The van der Waals surface area contributed by atoms with Crippen molar-refractivity contribution in [2.24, 2.45) is 5.92 Å². The molecule has 1 N–H and O–H groups in total. The maximum Gasteiger partial charge on any atom is 0.0951 e. The standard InChI is InChI=1S/C14H23NO/c1-11(2)10-16-14(9-15-4)13-8-6-5-7-12(13)3/h5-8,11,14-15H,9-10H2,1-4H3. The molecule has 0 spiro atoms. The summed E-state index contributed by atoms with van der Waals surface area (Å²) in [6.45, 7) is 8.15. The molecule has 0 amide bonds. The molecule has 0 saturated heterocycles. The Balaban J connectivity index is 2.73. The Morgan fingerprint density at radius 3 is 2.50 bits per heavy atom. The van der Waals surface area contributed by atoms with Gasteiger partial charge in [0.05, 0.1) is 6.10 Å². The predicted octanol–water partition coefficient (Wildman–Crippen LogP) is 2.93. The third-order valence-electron chi connectivity index (χ3n) is 2.56. The number of benzene rings is 1. The van der Waals surface area contributed by atoms with Crippen LogP contribution in [0.3, 0.4) is 0 Å².